The SMILES string of the molecule is COc1ccccc1CN1CCC(NC(=O)CN(Cc2ccccn2)C(=O)C(F)(F)F)CC1. The van der Waals surface area contributed by atoms with Crippen LogP contribution < -0.4 is 10.1 Å². The summed E-state index contributed by atoms with van der Waals surface area (Å²) in [4.78, 5) is 31.0. The molecule has 0 bridgehead atoms. The minimum atomic E-state index is -5.07. The smallest absolute Gasteiger partial charge is 0.471 e. The van der Waals surface area contributed by atoms with Crippen LogP contribution in [0.1, 0.15) is 24.1 Å². The number of rotatable bonds is 8. The Balaban J connectivity index is 1.52. The molecule has 33 heavy (non-hydrogen) atoms. The lowest BCUT2D eigenvalue weighted by Crippen LogP contribution is -2.50. The molecule has 3 rings (SSSR count). The highest BCUT2D eigenvalue weighted by molar-refractivity contribution is 5.87. The van der Waals surface area contributed by atoms with Gasteiger partial charge in [-0.3, -0.25) is 19.5 Å². The molecule has 1 fully saturated rings. The number of piperidine rings is 1. The number of benzene rings is 1. The van der Waals surface area contributed by atoms with Crippen LogP contribution in [0, 0.1) is 0 Å². The van der Waals surface area contributed by atoms with Gasteiger partial charge in [-0.2, -0.15) is 13.2 Å². The number of pyridine rings is 1. The van der Waals surface area contributed by atoms with Crippen LogP contribution in [0.5, 0.6) is 5.75 Å². The van der Waals surface area contributed by atoms with E-state index in [9.17, 15) is 22.8 Å². The summed E-state index contributed by atoms with van der Waals surface area (Å²) in [5.41, 5.74) is 1.34. The van der Waals surface area contributed by atoms with Gasteiger partial charge in [0, 0.05) is 37.4 Å². The maximum absolute atomic E-state index is 13.0. The first-order valence-corrected chi connectivity index (χ1v) is 10.7. The van der Waals surface area contributed by atoms with Gasteiger partial charge in [-0.1, -0.05) is 24.3 Å². The van der Waals surface area contributed by atoms with E-state index in [1.807, 2.05) is 24.3 Å². The first-order chi connectivity index (χ1) is 15.8. The lowest BCUT2D eigenvalue weighted by molar-refractivity contribution is -0.186. The van der Waals surface area contributed by atoms with Crippen LogP contribution in [0.4, 0.5) is 13.2 Å². The van der Waals surface area contributed by atoms with Crippen molar-refractivity contribution < 1.29 is 27.5 Å². The number of ether oxygens (including phenoxy) is 1. The number of carbonyl (C=O) groups excluding carboxylic acids is 2. The van der Waals surface area contributed by atoms with Crippen molar-refractivity contribution >= 4 is 11.8 Å². The Morgan fingerprint density at radius 1 is 1.15 bits per heavy atom. The average Bonchev–Trinajstić information content (AvgIpc) is 2.80. The van der Waals surface area contributed by atoms with Crippen molar-refractivity contribution in [3.63, 3.8) is 0 Å². The molecule has 7 nitrogen and oxygen atoms in total. The second-order valence-electron chi connectivity index (χ2n) is 7.91. The van der Waals surface area contributed by atoms with Crippen molar-refractivity contribution in [3.8, 4) is 5.75 Å². The molecule has 178 valence electrons. The normalized spacial score (nSPS) is 15.2. The lowest BCUT2D eigenvalue weighted by Gasteiger charge is -2.33. The van der Waals surface area contributed by atoms with Crippen molar-refractivity contribution in [3.05, 3.63) is 59.9 Å². The summed E-state index contributed by atoms with van der Waals surface area (Å²) in [5.74, 6) is -1.86. The molecule has 0 atom stereocenters. The maximum atomic E-state index is 13.0. The van der Waals surface area contributed by atoms with Gasteiger partial charge < -0.3 is 15.0 Å². The van der Waals surface area contributed by atoms with E-state index in [1.54, 1.807) is 19.2 Å². The van der Waals surface area contributed by atoms with E-state index in [0.29, 0.717) is 24.3 Å². The van der Waals surface area contributed by atoms with Crippen molar-refractivity contribution in [2.24, 2.45) is 0 Å². The van der Waals surface area contributed by atoms with Gasteiger partial charge in [-0.05, 0) is 31.0 Å². The van der Waals surface area contributed by atoms with Gasteiger partial charge in [0.2, 0.25) is 5.91 Å². The summed E-state index contributed by atoms with van der Waals surface area (Å²) >= 11 is 0. The molecular formula is C23H27F3N4O3. The largest absolute Gasteiger partial charge is 0.496 e. The summed E-state index contributed by atoms with van der Waals surface area (Å²) < 4.78 is 44.5. The Morgan fingerprint density at radius 3 is 2.48 bits per heavy atom. The molecule has 0 spiro atoms. The Labute approximate surface area is 190 Å². The topological polar surface area (TPSA) is 74.8 Å². The third kappa shape index (κ3) is 7.18. The predicted octanol–water partition coefficient (Wildman–Crippen LogP) is 2.76. The van der Waals surface area contributed by atoms with Crippen molar-refractivity contribution in [1.82, 2.24) is 20.1 Å². The van der Waals surface area contributed by atoms with Gasteiger partial charge in [0.05, 0.1) is 19.3 Å². The highest BCUT2D eigenvalue weighted by Gasteiger charge is 2.43. The first-order valence-electron chi connectivity index (χ1n) is 10.7. The minimum absolute atomic E-state index is 0.163. The Hall–Kier alpha value is -3.14. The number of halogens is 3. The number of nitrogens with zero attached hydrogens (tertiary/aromatic N) is 3. The van der Waals surface area contributed by atoms with Crippen molar-refractivity contribution in [2.45, 2.75) is 38.1 Å². The Kier molecular flexibility index (Phi) is 8.26. The molecule has 1 aliphatic rings. The number of amides is 2. The highest BCUT2D eigenvalue weighted by Crippen LogP contribution is 2.22. The van der Waals surface area contributed by atoms with E-state index in [2.05, 4.69) is 15.2 Å². The molecule has 0 saturated carbocycles. The van der Waals surface area contributed by atoms with E-state index < -0.39 is 31.1 Å². The third-order valence-corrected chi connectivity index (χ3v) is 5.48. The number of para-hydroxylation sites is 1. The number of carbonyl (C=O) groups is 2. The quantitative estimate of drug-likeness (QED) is 0.651. The second kappa shape index (κ2) is 11.1. The molecule has 2 heterocycles. The summed E-state index contributed by atoms with van der Waals surface area (Å²) in [6.45, 7) is 1.08. The molecule has 0 aliphatic carbocycles. The fourth-order valence-electron chi connectivity index (χ4n) is 3.82. The highest BCUT2D eigenvalue weighted by atomic mass is 19.4. The second-order valence-corrected chi connectivity index (χ2v) is 7.91. The molecule has 2 aromatic rings. The summed E-state index contributed by atoms with van der Waals surface area (Å²) in [6.07, 6.45) is -2.33. The van der Waals surface area contributed by atoms with Crippen LogP contribution in [-0.2, 0) is 22.7 Å². The fraction of sp³-hybridized carbons (Fsp3) is 0.435. The number of methoxy groups -OCH3 is 1. The van der Waals surface area contributed by atoms with Gasteiger partial charge >= 0.3 is 12.1 Å². The van der Waals surface area contributed by atoms with E-state index in [-0.39, 0.29) is 11.7 Å². The standard InChI is InChI=1S/C23H27F3N4O3/c1-33-20-8-3-2-6-17(20)14-29-12-9-18(10-13-29)28-21(31)16-30(22(32)23(24,25)26)15-19-7-4-5-11-27-19/h2-8,11,18H,9-10,12-16H2,1H3,(H,28,31). The maximum Gasteiger partial charge on any atom is 0.471 e. The van der Waals surface area contributed by atoms with Crippen LogP contribution in [0.2, 0.25) is 0 Å². The van der Waals surface area contributed by atoms with Crippen LogP contribution in [0.25, 0.3) is 0 Å². The molecule has 1 aromatic heterocycles. The molecule has 2 amide bonds. The van der Waals surface area contributed by atoms with E-state index >= 15 is 0 Å². The lowest BCUT2D eigenvalue weighted by atomic mass is 10.0. The molecule has 1 aromatic carbocycles. The minimum Gasteiger partial charge on any atom is -0.496 e. The van der Waals surface area contributed by atoms with Gasteiger partial charge in [0.15, 0.2) is 0 Å². The molecule has 1 N–H and O–H groups in total. The summed E-state index contributed by atoms with van der Waals surface area (Å²) in [7, 11) is 1.63. The van der Waals surface area contributed by atoms with Crippen LogP contribution in [0.15, 0.2) is 48.7 Å². The molecule has 0 radical (unpaired) electrons. The zero-order valence-corrected chi connectivity index (χ0v) is 18.3. The molecular weight excluding hydrogens is 437 g/mol. The summed E-state index contributed by atoms with van der Waals surface area (Å²) in [5, 5.41) is 2.78. The Bertz CT molecular complexity index is 932. The number of alkyl halides is 3. The average molecular weight is 464 g/mol. The molecule has 1 aliphatic heterocycles. The molecule has 10 heteroatoms. The third-order valence-electron chi connectivity index (χ3n) is 5.48. The van der Waals surface area contributed by atoms with Crippen molar-refractivity contribution in [2.75, 3.05) is 26.7 Å². The van der Waals surface area contributed by atoms with Crippen molar-refractivity contribution in [1.29, 1.82) is 0 Å². The fourth-order valence-corrected chi connectivity index (χ4v) is 3.82. The zero-order valence-electron chi connectivity index (χ0n) is 18.3. The Morgan fingerprint density at radius 2 is 1.85 bits per heavy atom. The predicted molar refractivity (Wildman–Crippen MR) is 115 cm³/mol. The van der Waals surface area contributed by atoms with Gasteiger partial charge in [-0.25, -0.2) is 0 Å². The van der Waals surface area contributed by atoms with Crippen LogP contribution in [0.3, 0.4) is 0 Å². The summed E-state index contributed by atoms with van der Waals surface area (Å²) in [6, 6.07) is 12.3. The van der Waals surface area contributed by atoms with Crippen LogP contribution in [-0.4, -0.2) is 65.6 Å². The molecule has 0 unspecified atom stereocenters. The van der Waals surface area contributed by atoms with Gasteiger partial charge in [0.25, 0.3) is 0 Å². The molecule has 1 saturated heterocycles. The van der Waals surface area contributed by atoms with Crippen LogP contribution >= 0.6 is 0 Å². The number of likely N-dealkylation sites (tertiary alicyclic amines) is 1. The van der Waals surface area contributed by atoms with Gasteiger partial charge in [0.1, 0.15) is 12.3 Å². The van der Waals surface area contributed by atoms with E-state index in [1.165, 1.54) is 12.3 Å². The monoisotopic (exact) mass is 464 g/mol. The number of nitrogens with one attached hydrogen (secondary N) is 1. The number of hydrogen-bond acceptors (Lipinski definition) is 5. The first kappa shape index (κ1) is 24.5. The number of aromatic nitrogens is 1. The van der Waals surface area contributed by atoms with E-state index in [4.69, 9.17) is 4.74 Å². The number of hydrogen-bond donors (Lipinski definition) is 1. The zero-order chi connectivity index (χ0) is 23.8. The van der Waals surface area contributed by atoms with Gasteiger partial charge in [-0.15, -0.1) is 0 Å². The van der Waals surface area contributed by atoms with E-state index in [0.717, 1.165) is 24.4 Å².